The van der Waals surface area contributed by atoms with Gasteiger partial charge in [0.2, 0.25) is 5.95 Å². The van der Waals surface area contributed by atoms with Gasteiger partial charge < -0.3 is 9.64 Å². The van der Waals surface area contributed by atoms with Crippen LogP contribution in [0.3, 0.4) is 0 Å². The number of rotatable bonds is 8. The summed E-state index contributed by atoms with van der Waals surface area (Å²) >= 11 is 0. The molecule has 1 heterocycles. The van der Waals surface area contributed by atoms with Crippen molar-refractivity contribution in [2.45, 2.75) is 70.6 Å². The third kappa shape index (κ3) is 3.87. The molecule has 2 aliphatic rings. The Bertz CT molecular complexity index is 763. The summed E-state index contributed by atoms with van der Waals surface area (Å²) in [5, 5.41) is 9.20. The molecule has 0 saturated heterocycles. The molecule has 2 aliphatic carbocycles. The van der Waals surface area contributed by atoms with E-state index >= 15 is 0 Å². The van der Waals surface area contributed by atoms with Gasteiger partial charge in [-0.15, -0.1) is 10.2 Å². The molecule has 1 aromatic heterocycles. The Kier molecular flexibility index (Phi) is 5.83. The van der Waals surface area contributed by atoms with Crippen LogP contribution in [0.5, 0.6) is 5.75 Å². The number of methoxy groups -OCH3 is 1. The van der Waals surface area contributed by atoms with Gasteiger partial charge >= 0.3 is 0 Å². The minimum Gasteiger partial charge on any atom is -0.497 e. The first kappa shape index (κ1) is 19.2. The molecule has 4 rings (SSSR count). The predicted octanol–water partition coefficient (Wildman–Crippen LogP) is 4.86. The first-order valence-electron chi connectivity index (χ1n) is 10.7. The molecule has 5 nitrogen and oxygen atoms in total. The maximum Gasteiger partial charge on any atom is 0.227 e. The molecule has 0 aliphatic heterocycles. The average Bonchev–Trinajstić information content (AvgIpc) is 3.36. The smallest absolute Gasteiger partial charge is 0.227 e. The van der Waals surface area contributed by atoms with Crippen molar-refractivity contribution in [3.8, 4) is 17.1 Å². The van der Waals surface area contributed by atoms with Gasteiger partial charge in [0.15, 0.2) is 5.82 Å². The van der Waals surface area contributed by atoms with E-state index in [9.17, 15) is 4.39 Å². The minimum atomic E-state index is -0.600. The summed E-state index contributed by atoms with van der Waals surface area (Å²) in [6, 6.07) is 8.55. The van der Waals surface area contributed by atoms with E-state index in [0.717, 1.165) is 42.6 Å². The number of hydrogen-bond acceptors (Lipinski definition) is 4. The second-order valence-corrected chi connectivity index (χ2v) is 8.15. The SMILES string of the molecule is CCN(c1nnc(-c2ccc(OC)cc2)n1CCC1CC(F)C1)C1CCCC1. The van der Waals surface area contributed by atoms with Crippen molar-refractivity contribution in [1.29, 1.82) is 0 Å². The van der Waals surface area contributed by atoms with E-state index in [1.165, 1.54) is 25.7 Å². The summed E-state index contributed by atoms with van der Waals surface area (Å²) in [7, 11) is 1.67. The standard InChI is InChI=1S/C22H31FN4O/c1-3-26(19-6-4-5-7-19)22-25-24-21(17-8-10-20(28-2)11-9-17)27(22)13-12-16-14-18(23)15-16/h8-11,16,18-19H,3-7,12-15H2,1-2H3. The topological polar surface area (TPSA) is 43.2 Å². The molecular formula is C22H31FN4O. The molecular weight excluding hydrogens is 355 g/mol. The van der Waals surface area contributed by atoms with E-state index in [1.807, 2.05) is 24.3 Å². The molecule has 2 fully saturated rings. The van der Waals surface area contributed by atoms with Crippen LogP contribution in [-0.2, 0) is 6.54 Å². The highest BCUT2D eigenvalue weighted by atomic mass is 19.1. The van der Waals surface area contributed by atoms with E-state index in [4.69, 9.17) is 4.74 Å². The van der Waals surface area contributed by atoms with E-state index in [0.29, 0.717) is 24.8 Å². The number of benzene rings is 1. The van der Waals surface area contributed by atoms with Gasteiger partial charge in [0.05, 0.1) is 7.11 Å². The van der Waals surface area contributed by atoms with E-state index < -0.39 is 6.17 Å². The Morgan fingerprint density at radius 1 is 1.14 bits per heavy atom. The van der Waals surface area contributed by atoms with Crippen LogP contribution >= 0.6 is 0 Å². The number of anilines is 1. The fourth-order valence-electron chi connectivity index (χ4n) is 4.65. The van der Waals surface area contributed by atoms with Crippen LogP contribution in [0.4, 0.5) is 10.3 Å². The highest BCUT2D eigenvalue weighted by Crippen LogP contribution is 2.35. The molecule has 0 bridgehead atoms. The quantitative estimate of drug-likeness (QED) is 0.650. The van der Waals surface area contributed by atoms with E-state index in [1.54, 1.807) is 7.11 Å². The van der Waals surface area contributed by atoms with E-state index in [2.05, 4.69) is 26.6 Å². The molecule has 6 heteroatoms. The molecule has 2 aromatic rings. The molecule has 2 saturated carbocycles. The Balaban J connectivity index is 1.63. The fourth-order valence-corrected chi connectivity index (χ4v) is 4.65. The summed E-state index contributed by atoms with van der Waals surface area (Å²) in [6.45, 7) is 3.97. The monoisotopic (exact) mass is 386 g/mol. The Morgan fingerprint density at radius 3 is 2.46 bits per heavy atom. The van der Waals surface area contributed by atoms with Crippen molar-refractivity contribution in [2.75, 3.05) is 18.6 Å². The van der Waals surface area contributed by atoms with Crippen molar-refractivity contribution < 1.29 is 9.13 Å². The van der Waals surface area contributed by atoms with Crippen molar-refractivity contribution >= 4 is 5.95 Å². The number of aromatic nitrogens is 3. The summed E-state index contributed by atoms with van der Waals surface area (Å²) < 4.78 is 20.8. The van der Waals surface area contributed by atoms with Crippen molar-refractivity contribution in [3.05, 3.63) is 24.3 Å². The Labute approximate surface area is 166 Å². The lowest BCUT2D eigenvalue weighted by molar-refractivity contribution is 0.121. The van der Waals surface area contributed by atoms with Gasteiger partial charge in [-0.25, -0.2) is 4.39 Å². The molecule has 0 amide bonds. The zero-order valence-electron chi connectivity index (χ0n) is 17.0. The van der Waals surface area contributed by atoms with Gasteiger partial charge in [-0.3, -0.25) is 4.57 Å². The summed E-state index contributed by atoms with van der Waals surface area (Å²) in [5.41, 5.74) is 1.04. The lowest BCUT2D eigenvalue weighted by atomic mass is 9.81. The number of nitrogens with zero attached hydrogens (tertiary/aromatic N) is 4. The van der Waals surface area contributed by atoms with E-state index in [-0.39, 0.29) is 0 Å². The largest absolute Gasteiger partial charge is 0.497 e. The summed E-state index contributed by atoms with van der Waals surface area (Å²) in [4.78, 5) is 2.42. The molecule has 0 atom stereocenters. The highest BCUT2D eigenvalue weighted by molar-refractivity contribution is 5.59. The van der Waals surface area contributed by atoms with Gasteiger partial charge in [-0.2, -0.15) is 0 Å². The van der Waals surface area contributed by atoms with Crippen LogP contribution in [0.2, 0.25) is 0 Å². The lowest BCUT2D eigenvalue weighted by Crippen LogP contribution is -2.35. The number of ether oxygens (including phenoxy) is 1. The first-order chi connectivity index (χ1) is 13.7. The number of alkyl halides is 1. The van der Waals surface area contributed by atoms with Gasteiger partial charge in [0.25, 0.3) is 0 Å². The Hall–Kier alpha value is -2.11. The van der Waals surface area contributed by atoms with Gasteiger partial charge in [0.1, 0.15) is 11.9 Å². The van der Waals surface area contributed by atoms with Gasteiger partial charge in [0, 0.05) is 24.7 Å². The zero-order chi connectivity index (χ0) is 19.5. The van der Waals surface area contributed by atoms with Crippen LogP contribution in [0.15, 0.2) is 24.3 Å². The van der Waals surface area contributed by atoms with Crippen LogP contribution in [0, 0.1) is 5.92 Å². The molecule has 152 valence electrons. The molecule has 0 unspecified atom stereocenters. The average molecular weight is 387 g/mol. The fraction of sp³-hybridized carbons (Fsp3) is 0.636. The number of hydrogen-bond donors (Lipinski definition) is 0. The summed E-state index contributed by atoms with van der Waals surface area (Å²) in [6.07, 6.45) is 6.83. The second kappa shape index (κ2) is 8.50. The maximum atomic E-state index is 13.3. The third-order valence-electron chi connectivity index (χ3n) is 6.38. The molecule has 1 aromatic carbocycles. The summed E-state index contributed by atoms with van der Waals surface area (Å²) in [5.74, 6) is 3.18. The first-order valence-corrected chi connectivity index (χ1v) is 10.7. The van der Waals surface area contributed by atoms with Crippen LogP contribution < -0.4 is 9.64 Å². The third-order valence-corrected chi connectivity index (χ3v) is 6.38. The number of halogens is 1. The van der Waals surface area contributed by atoms with Crippen LogP contribution in [-0.4, -0.2) is 40.6 Å². The van der Waals surface area contributed by atoms with Crippen molar-refractivity contribution in [3.63, 3.8) is 0 Å². The lowest BCUT2D eigenvalue weighted by Gasteiger charge is -2.32. The van der Waals surface area contributed by atoms with Gasteiger partial charge in [-0.1, -0.05) is 12.8 Å². The molecule has 0 radical (unpaired) electrons. The molecule has 0 N–H and O–H groups in total. The van der Waals surface area contributed by atoms with Crippen molar-refractivity contribution in [2.24, 2.45) is 5.92 Å². The highest BCUT2D eigenvalue weighted by Gasteiger charge is 2.30. The van der Waals surface area contributed by atoms with Crippen molar-refractivity contribution in [1.82, 2.24) is 14.8 Å². The van der Waals surface area contributed by atoms with Crippen LogP contribution in [0.1, 0.15) is 51.9 Å². The molecule has 28 heavy (non-hydrogen) atoms. The molecule has 0 spiro atoms. The van der Waals surface area contributed by atoms with Gasteiger partial charge in [-0.05, 0) is 69.2 Å². The van der Waals surface area contributed by atoms with Crippen LogP contribution in [0.25, 0.3) is 11.4 Å². The maximum absolute atomic E-state index is 13.3. The predicted molar refractivity (Wildman–Crippen MR) is 110 cm³/mol. The normalized spacial score (nSPS) is 22.2. The zero-order valence-corrected chi connectivity index (χ0v) is 17.0. The second-order valence-electron chi connectivity index (χ2n) is 8.15. The Morgan fingerprint density at radius 2 is 1.86 bits per heavy atom. The minimum absolute atomic E-state index is 0.482.